The minimum absolute atomic E-state index is 0.0307. The second kappa shape index (κ2) is 6.57. The molecule has 106 valence electrons. The van der Waals surface area contributed by atoms with Gasteiger partial charge in [-0.25, -0.2) is 4.39 Å². The summed E-state index contributed by atoms with van der Waals surface area (Å²) in [4.78, 5) is 12.5. The third-order valence-electron chi connectivity index (χ3n) is 2.88. The number of hydrogen-bond acceptors (Lipinski definition) is 2. The van der Waals surface area contributed by atoms with E-state index in [2.05, 4.69) is 15.9 Å². The molecule has 0 aliphatic rings. The smallest absolute Gasteiger partial charge is 0.186 e. The lowest BCUT2D eigenvalue weighted by atomic mass is 9.91. The molecule has 0 amide bonds. The molecule has 0 aliphatic carbocycles. The summed E-state index contributed by atoms with van der Waals surface area (Å²) in [6, 6.07) is 10.4. The van der Waals surface area contributed by atoms with Crippen LogP contribution in [0.1, 0.15) is 21.8 Å². The van der Waals surface area contributed by atoms with Crippen LogP contribution in [0.4, 0.5) is 4.39 Å². The molecule has 0 bridgehead atoms. The molecule has 0 aliphatic heterocycles. The zero-order valence-electron chi connectivity index (χ0n) is 10.4. The third kappa shape index (κ3) is 3.26. The maximum Gasteiger partial charge on any atom is 0.186 e. The fourth-order valence-electron chi connectivity index (χ4n) is 1.89. The first-order valence-corrected chi connectivity index (χ1v) is 7.33. The van der Waals surface area contributed by atoms with E-state index in [1.165, 1.54) is 24.3 Å². The molecule has 0 radical (unpaired) electrons. The minimum atomic E-state index is -1.35. The molecule has 2 nitrogen and oxygen atoms in total. The number of ketones is 1. The molecule has 0 fully saturated rings. The summed E-state index contributed by atoms with van der Waals surface area (Å²) in [6.45, 7) is 0. The average molecular weight is 387 g/mol. The van der Waals surface area contributed by atoms with Crippen LogP contribution in [-0.2, 0) is 0 Å². The van der Waals surface area contributed by atoms with E-state index in [4.69, 9.17) is 23.2 Å². The second-order valence-electron chi connectivity index (χ2n) is 4.19. The van der Waals surface area contributed by atoms with E-state index in [1.54, 1.807) is 12.1 Å². The van der Waals surface area contributed by atoms with Crippen molar-refractivity contribution in [3.05, 3.63) is 67.9 Å². The van der Waals surface area contributed by atoms with Crippen LogP contribution >= 0.6 is 39.1 Å². The fourth-order valence-corrected chi connectivity index (χ4v) is 2.92. The summed E-state index contributed by atoms with van der Waals surface area (Å²) < 4.78 is 14.6. The topological polar surface area (TPSA) is 40.9 Å². The quantitative estimate of drug-likeness (QED) is 0.664. The highest BCUT2D eigenvalue weighted by Gasteiger charge is 2.28. The lowest BCUT2D eigenvalue weighted by Crippen LogP contribution is -2.14. The number of benzene rings is 2. The van der Waals surface area contributed by atoms with Crippen molar-refractivity contribution in [1.29, 1.82) is 5.26 Å². The molecule has 6 heteroatoms. The van der Waals surface area contributed by atoms with E-state index in [1.807, 2.05) is 0 Å². The van der Waals surface area contributed by atoms with Crippen molar-refractivity contribution in [3.63, 3.8) is 0 Å². The molecular weight excluding hydrogens is 380 g/mol. The Morgan fingerprint density at radius 3 is 2.52 bits per heavy atom. The number of nitriles is 1. The summed E-state index contributed by atoms with van der Waals surface area (Å²) in [5.74, 6) is -2.64. The van der Waals surface area contributed by atoms with E-state index in [-0.39, 0.29) is 21.2 Å². The number of rotatable bonds is 3. The molecule has 2 rings (SSSR count). The first kappa shape index (κ1) is 16.0. The van der Waals surface area contributed by atoms with Gasteiger partial charge in [-0.05, 0) is 30.3 Å². The van der Waals surface area contributed by atoms with Gasteiger partial charge in [-0.2, -0.15) is 5.26 Å². The largest absolute Gasteiger partial charge is 0.292 e. The van der Waals surface area contributed by atoms with Gasteiger partial charge in [0.2, 0.25) is 0 Å². The Hall–Kier alpha value is -1.41. The molecule has 0 N–H and O–H groups in total. The molecule has 2 aromatic rings. The van der Waals surface area contributed by atoms with Crippen LogP contribution in [0, 0.1) is 17.1 Å². The number of nitrogens with zero attached hydrogens (tertiary/aromatic N) is 1. The van der Waals surface area contributed by atoms with Gasteiger partial charge >= 0.3 is 0 Å². The number of halogens is 4. The molecule has 0 saturated heterocycles. The van der Waals surface area contributed by atoms with Gasteiger partial charge in [-0.15, -0.1) is 0 Å². The molecule has 0 aromatic heterocycles. The number of Topliss-reactive ketones (excluding diaryl/α,β-unsaturated/α-hetero) is 1. The zero-order valence-corrected chi connectivity index (χ0v) is 13.5. The second-order valence-corrected chi connectivity index (χ2v) is 5.92. The van der Waals surface area contributed by atoms with Gasteiger partial charge in [0.15, 0.2) is 5.78 Å². The van der Waals surface area contributed by atoms with Crippen LogP contribution in [0.25, 0.3) is 0 Å². The average Bonchev–Trinajstić information content (AvgIpc) is 2.42. The highest BCUT2D eigenvalue weighted by Crippen LogP contribution is 2.32. The van der Waals surface area contributed by atoms with Gasteiger partial charge in [0.1, 0.15) is 11.7 Å². The van der Waals surface area contributed by atoms with Crippen molar-refractivity contribution in [2.45, 2.75) is 5.92 Å². The molecule has 0 spiro atoms. The monoisotopic (exact) mass is 385 g/mol. The van der Waals surface area contributed by atoms with E-state index >= 15 is 0 Å². The van der Waals surface area contributed by atoms with Gasteiger partial charge < -0.3 is 0 Å². The predicted molar refractivity (Wildman–Crippen MR) is 83.2 cm³/mol. The van der Waals surface area contributed by atoms with Crippen LogP contribution in [-0.4, -0.2) is 5.78 Å². The van der Waals surface area contributed by atoms with E-state index in [0.717, 1.165) is 6.07 Å². The molecule has 2 aromatic carbocycles. The number of carbonyl (C=O) groups is 1. The first-order valence-electron chi connectivity index (χ1n) is 5.78. The molecule has 0 heterocycles. The Balaban J connectivity index is 2.52. The van der Waals surface area contributed by atoms with Crippen molar-refractivity contribution in [2.75, 3.05) is 0 Å². The van der Waals surface area contributed by atoms with Crippen molar-refractivity contribution >= 4 is 44.9 Å². The van der Waals surface area contributed by atoms with E-state index in [9.17, 15) is 14.4 Å². The summed E-state index contributed by atoms with van der Waals surface area (Å²) >= 11 is 15.1. The summed E-state index contributed by atoms with van der Waals surface area (Å²) in [6.07, 6.45) is 0. The van der Waals surface area contributed by atoms with E-state index < -0.39 is 17.5 Å². The van der Waals surface area contributed by atoms with Crippen LogP contribution in [0.2, 0.25) is 10.0 Å². The summed E-state index contributed by atoms with van der Waals surface area (Å²) in [7, 11) is 0. The Morgan fingerprint density at radius 1 is 1.24 bits per heavy atom. The molecular formula is C15H7BrCl2FNO. The van der Waals surface area contributed by atoms with Gasteiger partial charge in [-0.1, -0.05) is 45.2 Å². The maximum atomic E-state index is 13.9. The summed E-state index contributed by atoms with van der Waals surface area (Å²) in [5, 5.41) is 9.47. The normalized spacial score (nSPS) is 11.8. The molecule has 1 unspecified atom stereocenters. The minimum Gasteiger partial charge on any atom is -0.292 e. The Kier molecular flexibility index (Phi) is 5.00. The van der Waals surface area contributed by atoms with Crippen molar-refractivity contribution in [1.82, 2.24) is 0 Å². The van der Waals surface area contributed by atoms with Gasteiger partial charge in [0.05, 0.1) is 11.1 Å². The van der Waals surface area contributed by atoms with Crippen LogP contribution in [0.3, 0.4) is 0 Å². The third-order valence-corrected chi connectivity index (χ3v) is 4.01. The highest BCUT2D eigenvalue weighted by atomic mass is 79.9. The molecule has 21 heavy (non-hydrogen) atoms. The molecule has 1 atom stereocenters. The Bertz CT molecular complexity index is 738. The lowest BCUT2D eigenvalue weighted by molar-refractivity contribution is 0.0977. The predicted octanol–water partition coefficient (Wildman–Crippen LogP) is 5.39. The fraction of sp³-hybridized carbons (Fsp3) is 0.0667. The standard InChI is InChI=1S/C15H7BrCl2FNO/c16-8-4-5-9(12(18)6-8)15(21)10(7-20)14-11(17)2-1-3-13(14)19/h1-6,10H. The van der Waals surface area contributed by atoms with Crippen LogP contribution < -0.4 is 0 Å². The lowest BCUT2D eigenvalue weighted by Gasteiger charge is -2.12. The Morgan fingerprint density at radius 2 is 1.95 bits per heavy atom. The number of carbonyl (C=O) groups excluding carboxylic acids is 1. The van der Waals surface area contributed by atoms with Gasteiger partial charge in [0, 0.05) is 20.6 Å². The van der Waals surface area contributed by atoms with Gasteiger partial charge in [0.25, 0.3) is 0 Å². The molecule has 0 saturated carbocycles. The van der Waals surface area contributed by atoms with Crippen molar-refractivity contribution in [2.24, 2.45) is 0 Å². The maximum absolute atomic E-state index is 13.9. The van der Waals surface area contributed by atoms with Gasteiger partial charge in [-0.3, -0.25) is 4.79 Å². The van der Waals surface area contributed by atoms with Crippen LogP contribution in [0.5, 0.6) is 0 Å². The highest BCUT2D eigenvalue weighted by molar-refractivity contribution is 9.10. The van der Waals surface area contributed by atoms with Crippen molar-refractivity contribution < 1.29 is 9.18 Å². The van der Waals surface area contributed by atoms with E-state index in [0.29, 0.717) is 4.47 Å². The number of hydrogen-bond donors (Lipinski definition) is 0. The zero-order chi connectivity index (χ0) is 15.6. The van der Waals surface area contributed by atoms with Crippen LogP contribution in [0.15, 0.2) is 40.9 Å². The van der Waals surface area contributed by atoms with Crippen molar-refractivity contribution in [3.8, 4) is 6.07 Å². The Labute approximate surface area is 139 Å². The SMILES string of the molecule is N#CC(C(=O)c1ccc(Br)cc1Cl)c1c(F)cccc1Cl. The first-order chi connectivity index (χ1) is 9.95. The summed E-state index contributed by atoms with van der Waals surface area (Å²) in [5.41, 5.74) is 0.0105.